The first kappa shape index (κ1) is 16.7. The van der Waals surface area contributed by atoms with Crippen molar-refractivity contribution >= 4 is 22.2 Å². The molecule has 0 aliphatic rings. The number of benzene rings is 2. The molecule has 0 unspecified atom stereocenters. The van der Waals surface area contributed by atoms with E-state index in [1.807, 2.05) is 43.3 Å². The molecule has 4 nitrogen and oxygen atoms in total. The van der Waals surface area contributed by atoms with Crippen LogP contribution in [0, 0.1) is 0 Å². The first-order chi connectivity index (χ1) is 12.7. The van der Waals surface area contributed by atoms with Crippen molar-refractivity contribution in [1.29, 1.82) is 0 Å². The number of hydrogen-bond acceptors (Lipinski definition) is 4. The summed E-state index contributed by atoms with van der Waals surface area (Å²) in [5.41, 5.74) is 1.80. The number of rotatable bonds is 5. The van der Waals surface area contributed by atoms with Crippen LogP contribution in [-0.2, 0) is 0 Å². The Balaban J connectivity index is 1.69. The fourth-order valence-electron chi connectivity index (χ4n) is 3.08. The molecule has 2 aromatic heterocycles. The molecule has 2 N–H and O–H groups in total. The van der Waals surface area contributed by atoms with E-state index in [1.54, 1.807) is 17.4 Å². The quantitative estimate of drug-likeness (QED) is 0.553. The van der Waals surface area contributed by atoms with Gasteiger partial charge in [0, 0.05) is 4.88 Å². The van der Waals surface area contributed by atoms with E-state index >= 15 is 0 Å². The van der Waals surface area contributed by atoms with Gasteiger partial charge in [-0.2, -0.15) is 0 Å². The van der Waals surface area contributed by atoms with E-state index in [4.69, 9.17) is 0 Å². The minimum absolute atomic E-state index is 0.0444. The van der Waals surface area contributed by atoms with Crippen molar-refractivity contribution in [1.82, 2.24) is 15.3 Å². The van der Waals surface area contributed by atoms with E-state index in [0.717, 1.165) is 0 Å². The van der Waals surface area contributed by atoms with Gasteiger partial charge in [-0.25, -0.2) is 4.98 Å². The third-order valence-electron chi connectivity index (χ3n) is 4.42. The van der Waals surface area contributed by atoms with Crippen LogP contribution in [0.2, 0.25) is 0 Å². The average Bonchev–Trinajstić information content (AvgIpc) is 3.21. The van der Waals surface area contributed by atoms with Gasteiger partial charge >= 0.3 is 0 Å². The Morgan fingerprint density at radius 2 is 1.77 bits per heavy atom. The molecule has 4 aromatic rings. The van der Waals surface area contributed by atoms with Crippen molar-refractivity contribution < 1.29 is 0 Å². The Kier molecular flexibility index (Phi) is 4.65. The maximum atomic E-state index is 12.4. The van der Waals surface area contributed by atoms with Gasteiger partial charge < -0.3 is 4.98 Å². The number of thiophene rings is 1. The summed E-state index contributed by atoms with van der Waals surface area (Å²) in [4.78, 5) is 21.2. The maximum Gasteiger partial charge on any atom is 0.258 e. The molecule has 0 amide bonds. The Morgan fingerprint density at radius 3 is 2.54 bits per heavy atom. The van der Waals surface area contributed by atoms with Gasteiger partial charge in [0.25, 0.3) is 5.56 Å². The molecule has 0 saturated carbocycles. The van der Waals surface area contributed by atoms with E-state index in [2.05, 4.69) is 44.9 Å². The van der Waals surface area contributed by atoms with Crippen molar-refractivity contribution in [3.63, 3.8) is 0 Å². The molecule has 0 spiro atoms. The van der Waals surface area contributed by atoms with Crippen LogP contribution in [0.15, 0.2) is 76.9 Å². The van der Waals surface area contributed by atoms with Gasteiger partial charge in [-0.05, 0) is 36.1 Å². The number of para-hydroxylation sites is 1. The van der Waals surface area contributed by atoms with Crippen molar-refractivity contribution in [2.24, 2.45) is 0 Å². The number of nitrogens with zero attached hydrogens (tertiary/aromatic N) is 1. The fourth-order valence-corrected chi connectivity index (χ4v) is 3.89. The van der Waals surface area contributed by atoms with E-state index in [-0.39, 0.29) is 17.6 Å². The molecule has 2 aromatic carbocycles. The molecule has 26 heavy (non-hydrogen) atoms. The minimum Gasteiger partial charge on any atom is -0.309 e. The highest BCUT2D eigenvalue weighted by Gasteiger charge is 2.20. The van der Waals surface area contributed by atoms with Crippen LogP contribution in [0.1, 0.15) is 35.3 Å². The van der Waals surface area contributed by atoms with Gasteiger partial charge in [-0.1, -0.05) is 48.5 Å². The number of H-pyrrole nitrogens is 1. The normalized spacial score (nSPS) is 13.6. The van der Waals surface area contributed by atoms with E-state index in [1.165, 1.54) is 10.4 Å². The number of hydrogen-bond donors (Lipinski definition) is 2. The minimum atomic E-state index is -0.111. The van der Waals surface area contributed by atoms with Gasteiger partial charge in [0.2, 0.25) is 0 Å². The molecular weight excluding hydrogens is 342 g/mol. The first-order valence-corrected chi connectivity index (χ1v) is 9.43. The summed E-state index contributed by atoms with van der Waals surface area (Å²) in [5.74, 6) is 0.645. The average molecular weight is 361 g/mol. The Hall–Kier alpha value is -2.76. The predicted octanol–water partition coefficient (Wildman–Crippen LogP) is 4.42. The largest absolute Gasteiger partial charge is 0.309 e. The molecule has 2 atom stereocenters. The molecule has 0 fully saturated rings. The Labute approximate surface area is 155 Å². The molecule has 2 heterocycles. The molecule has 5 heteroatoms. The van der Waals surface area contributed by atoms with Gasteiger partial charge in [-0.15, -0.1) is 11.3 Å². The highest BCUT2D eigenvalue weighted by atomic mass is 32.1. The van der Waals surface area contributed by atoms with E-state index < -0.39 is 0 Å². The molecule has 0 aliphatic carbocycles. The lowest BCUT2D eigenvalue weighted by Crippen LogP contribution is -2.28. The van der Waals surface area contributed by atoms with Gasteiger partial charge in [-0.3, -0.25) is 10.1 Å². The third kappa shape index (κ3) is 3.31. The fraction of sp³-hybridized carbons (Fsp3) is 0.143. The van der Waals surface area contributed by atoms with Crippen molar-refractivity contribution in [2.75, 3.05) is 0 Å². The Bertz CT molecular complexity index is 1060. The maximum absolute atomic E-state index is 12.4. The smallest absolute Gasteiger partial charge is 0.258 e. The Morgan fingerprint density at radius 1 is 1.00 bits per heavy atom. The number of nitrogens with one attached hydrogen (secondary N) is 2. The van der Waals surface area contributed by atoms with E-state index in [9.17, 15) is 4.79 Å². The van der Waals surface area contributed by atoms with Crippen molar-refractivity contribution in [3.05, 3.63) is 98.7 Å². The third-order valence-corrected chi connectivity index (χ3v) is 5.36. The van der Waals surface area contributed by atoms with Gasteiger partial charge in [0.1, 0.15) is 5.82 Å². The second-order valence-electron chi connectivity index (χ2n) is 6.22. The monoisotopic (exact) mass is 361 g/mol. The van der Waals surface area contributed by atoms with Crippen LogP contribution in [0.4, 0.5) is 0 Å². The zero-order valence-electron chi connectivity index (χ0n) is 14.3. The van der Waals surface area contributed by atoms with Gasteiger partial charge in [0.15, 0.2) is 0 Å². The lowest BCUT2D eigenvalue weighted by atomic mass is 10.0. The molecule has 0 aliphatic heterocycles. The molecule has 0 bridgehead atoms. The highest BCUT2D eigenvalue weighted by molar-refractivity contribution is 7.10. The molecule has 4 rings (SSSR count). The lowest BCUT2D eigenvalue weighted by molar-refractivity contribution is 0.500. The lowest BCUT2D eigenvalue weighted by Gasteiger charge is -2.22. The summed E-state index contributed by atoms with van der Waals surface area (Å²) >= 11 is 1.71. The van der Waals surface area contributed by atoms with Crippen molar-refractivity contribution in [3.8, 4) is 0 Å². The topological polar surface area (TPSA) is 57.8 Å². The first-order valence-electron chi connectivity index (χ1n) is 8.56. The second-order valence-corrected chi connectivity index (χ2v) is 7.20. The standard InChI is InChI=1S/C21H19N3OS/c1-14(20-23-17-11-6-5-10-16(17)21(25)24-20)22-19(18-12-7-13-26-18)15-8-3-2-4-9-15/h2-14,19,22H,1H3,(H,23,24,25)/t14-,19-/m0/s1. The van der Waals surface area contributed by atoms with E-state index in [0.29, 0.717) is 16.7 Å². The summed E-state index contributed by atoms with van der Waals surface area (Å²) in [6.07, 6.45) is 0. The summed E-state index contributed by atoms with van der Waals surface area (Å²) in [7, 11) is 0. The molecule has 0 saturated heterocycles. The summed E-state index contributed by atoms with van der Waals surface area (Å²) in [5, 5.41) is 6.31. The highest BCUT2D eigenvalue weighted by Crippen LogP contribution is 2.28. The second kappa shape index (κ2) is 7.23. The summed E-state index contributed by atoms with van der Waals surface area (Å²) in [6.45, 7) is 2.02. The number of fused-ring (bicyclic) bond motifs is 1. The van der Waals surface area contributed by atoms with Crippen LogP contribution in [0.5, 0.6) is 0 Å². The molecular formula is C21H19N3OS. The van der Waals surface area contributed by atoms with Gasteiger partial charge in [0.05, 0.1) is 23.0 Å². The van der Waals surface area contributed by atoms with Crippen molar-refractivity contribution in [2.45, 2.75) is 19.0 Å². The van der Waals surface area contributed by atoms with Crippen LogP contribution < -0.4 is 10.9 Å². The number of aromatic nitrogens is 2. The molecule has 130 valence electrons. The van der Waals surface area contributed by atoms with Crippen LogP contribution in [-0.4, -0.2) is 9.97 Å². The summed E-state index contributed by atoms with van der Waals surface area (Å²) < 4.78 is 0. The summed E-state index contributed by atoms with van der Waals surface area (Å²) in [6, 6.07) is 21.8. The van der Waals surface area contributed by atoms with Crippen LogP contribution in [0.3, 0.4) is 0 Å². The van der Waals surface area contributed by atoms with Crippen LogP contribution >= 0.6 is 11.3 Å². The zero-order valence-corrected chi connectivity index (χ0v) is 15.2. The van der Waals surface area contributed by atoms with Crippen LogP contribution in [0.25, 0.3) is 10.9 Å². The number of aromatic amines is 1. The zero-order chi connectivity index (χ0) is 17.9. The SMILES string of the molecule is C[C@H](N[C@@H](c1ccccc1)c1cccs1)c1nc2ccccc2c(=O)[nH]1. The predicted molar refractivity (Wildman–Crippen MR) is 107 cm³/mol. The molecule has 0 radical (unpaired) electrons.